The molecule has 0 aromatic heterocycles. The van der Waals surface area contributed by atoms with Gasteiger partial charge in [0.1, 0.15) is 0 Å². The van der Waals surface area contributed by atoms with E-state index in [2.05, 4.69) is 29.6 Å². The number of nitrogens with two attached hydrogens (primary N) is 1. The van der Waals surface area contributed by atoms with Crippen LogP contribution in [0.3, 0.4) is 0 Å². The predicted octanol–water partition coefficient (Wildman–Crippen LogP) is 2.86. The van der Waals surface area contributed by atoms with Crippen molar-refractivity contribution >= 4 is 17.7 Å². The van der Waals surface area contributed by atoms with E-state index in [-0.39, 0.29) is 23.9 Å². The van der Waals surface area contributed by atoms with Gasteiger partial charge in [-0.2, -0.15) is 0 Å². The lowest BCUT2D eigenvalue weighted by Gasteiger charge is -2.31. The van der Waals surface area contributed by atoms with Gasteiger partial charge in [0, 0.05) is 16.7 Å². The molecule has 2 aliphatic rings. The Morgan fingerprint density at radius 1 is 1.20 bits per heavy atom. The van der Waals surface area contributed by atoms with Crippen molar-refractivity contribution in [2.24, 2.45) is 11.7 Å². The second-order valence-electron chi connectivity index (χ2n) is 5.79. The maximum Gasteiger partial charge on any atom is 0.225 e. The van der Waals surface area contributed by atoms with Gasteiger partial charge in [0.15, 0.2) is 0 Å². The van der Waals surface area contributed by atoms with Crippen LogP contribution in [-0.4, -0.2) is 17.7 Å². The summed E-state index contributed by atoms with van der Waals surface area (Å²) in [5.41, 5.74) is 7.38. The van der Waals surface area contributed by atoms with Gasteiger partial charge in [-0.1, -0.05) is 31.0 Å². The van der Waals surface area contributed by atoms with Crippen LogP contribution in [0.5, 0.6) is 0 Å². The van der Waals surface area contributed by atoms with Crippen LogP contribution in [0, 0.1) is 5.92 Å². The highest BCUT2D eigenvalue weighted by Crippen LogP contribution is 2.36. The van der Waals surface area contributed by atoms with E-state index in [4.69, 9.17) is 5.73 Å². The zero-order valence-electron chi connectivity index (χ0n) is 11.7. The minimum absolute atomic E-state index is 0.00509. The first-order chi connectivity index (χ1) is 9.75. The number of carbonyl (C=O) groups is 1. The van der Waals surface area contributed by atoms with Crippen molar-refractivity contribution in [1.29, 1.82) is 0 Å². The quantitative estimate of drug-likeness (QED) is 0.880. The number of thioether (sulfide) groups is 1. The first kappa shape index (κ1) is 14.0. The summed E-state index contributed by atoms with van der Waals surface area (Å²) in [5, 5.41) is 3.24. The summed E-state index contributed by atoms with van der Waals surface area (Å²) in [7, 11) is 0. The summed E-state index contributed by atoms with van der Waals surface area (Å²) >= 11 is 1.88. The third-order valence-corrected chi connectivity index (χ3v) is 5.55. The average Bonchev–Trinajstić information content (AvgIpc) is 2.48. The maximum absolute atomic E-state index is 12.5. The van der Waals surface area contributed by atoms with Crippen molar-refractivity contribution < 1.29 is 4.79 Å². The van der Waals surface area contributed by atoms with Gasteiger partial charge in [0.25, 0.3) is 0 Å². The fourth-order valence-corrected chi connectivity index (χ4v) is 4.38. The van der Waals surface area contributed by atoms with Crippen LogP contribution in [0.1, 0.15) is 43.7 Å². The number of hydrogen-bond donors (Lipinski definition) is 2. The lowest BCUT2D eigenvalue weighted by atomic mass is 9.84. The molecule has 3 N–H and O–H groups in total. The molecular weight excluding hydrogens is 268 g/mol. The molecule has 1 aromatic carbocycles. The highest BCUT2D eigenvalue weighted by Gasteiger charge is 2.30. The van der Waals surface area contributed by atoms with Gasteiger partial charge in [0.05, 0.1) is 12.0 Å². The number of hydrogen-bond acceptors (Lipinski definition) is 3. The Kier molecular flexibility index (Phi) is 4.32. The van der Waals surface area contributed by atoms with Crippen molar-refractivity contribution in [1.82, 2.24) is 5.32 Å². The Morgan fingerprint density at radius 3 is 2.85 bits per heavy atom. The molecular formula is C16H22N2OS. The van der Waals surface area contributed by atoms with Crippen molar-refractivity contribution in [2.45, 2.75) is 49.1 Å². The molecule has 3 nitrogen and oxygen atoms in total. The third kappa shape index (κ3) is 2.86. The molecule has 0 saturated heterocycles. The maximum atomic E-state index is 12.5. The first-order valence-electron chi connectivity index (χ1n) is 7.53. The lowest BCUT2D eigenvalue weighted by Crippen LogP contribution is -2.45. The van der Waals surface area contributed by atoms with Gasteiger partial charge < -0.3 is 11.1 Å². The van der Waals surface area contributed by atoms with Crippen molar-refractivity contribution in [3.8, 4) is 0 Å². The molecule has 3 rings (SSSR count). The molecule has 108 valence electrons. The van der Waals surface area contributed by atoms with Gasteiger partial charge in [0.2, 0.25) is 5.91 Å². The largest absolute Gasteiger partial charge is 0.349 e. The number of nitrogens with one attached hydrogen (secondary N) is 1. The van der Waals surface area contributed by atoms with E-state index in [0.29, 0.717) is 0 Å². The number of fused-ring (bicyclic) bond motifs is 1. The minimum atomic E-state index is 0.00509. The summed E-state index contributed by atoms with van der Waals surface area (Å²) in [6.45, 7) is 0. The SMILES string of the molecule is NC1CCCCC1C(=O)NC1CCSc2ccccc21. The van der Waals surface area contributed by atoms with Crippen LogP contribution in [-0.2, 0) is 4.79 Å². The van der Waals surface area contributed by atoms with Gasteiger partial charge >= 0.3 is 0 Å². The Labute approximate surface area is 124 Å². The monoisotopic (exact) mass is 290 g/mol. The van der Waals surface area contributed by atoms with Crippen molar-refractivity contribution in [2.75, 3.05) is 5.75 Å². The second-order valence-corrected chi connectivity index (χ2v) is 6.93. The van der Waals surface area contributed by atoms with E-state index in [9.17, 15) is 4.79 Å². The van der Waals surface area contributed by atoms with Crippen LogP contribution in [0.4, 0.5) is 0 Å². The molecule has 20 heavy (non-hydrogen) atoms. The minimum Gasteiger partial charge on any atom is -0.349 e. The number of carbonyl (C=O) groups excluding carboxylic acids is 1. The second kappa shape index (κ2) is 6.19. The Hall–Kier alpha value is -1.00. The highest BCUT2D eigenvalue weighted by atomic mass is 32.2. The average molecular weight is 290 g/mol. The van der Waals surface area contributed by atoms with Gasteiger partial charge in [-0.3, -0.25) is 4.79 Å². The van der Waals surface area contributed by atoms with Gasteiger partial charge in [-0.25, -0.2) is 0 Å². The summed E-state index contributed by atoms with van der Waals surface area (Å²) < 4.78 is 0. The Bertz CT molecular complexity index is 491. The van der Waals surface area contributed by atoms with Gasteiger partial charge in [-0.15, -0.1) is 11.8 Å². The van der Waals surface area contributed by atoms with Gasteiger partial charge in [-0.05, 0) is 30.9 Å². The first-order valence-corrected chi connectivity index (χ1v) is 8.52. The molecule has 0 radical (unpaired) electrons. The summed E-state index contributed by atoms with van der Waals surface area (Å²) in [6.07, 6.45) is 5.22. The van der Waals surface area contributed by atoms with E-state index >= 15 is 0 Å². The smallest absolute Gasteiger partial charge is 0.225 e. The van der Waals surface area contributed by atoms with E-state index in [0.717, 1.165) is 37.9 Å². The predicted molar refractivity (Wildman–Crippen MR) is 82.6 cm³/mol. The Morgan fingerprint density at radius 2 is 2.00 bits per heavy atom. The number of benzene rings is 1. The molecule has 1 aliphatic heterocycles. The molecule has 1 saturated carbocycles. The highest BCUT2D eigenvalue weighted by molar-refractivity contribution is 7.99. The van der Waals surface area contributed by atoms with E-state index in [1.165, 1.54) is 10.5 Å². The molecule has 1 fully saturated rings. The van der Waals surface area contributed by atoms with E-state index in [1.807, 2.05) is 11.8 Å². The third-order valence-electron chi connectivity index (χ3n) is 4.43. The van der Waals surface area contributed by atoms with Crippen LogP contribution in [0.15, 0.2) is 29.2 Å². The molecule has 0 bridgehead atoms. The molecule has 0 spiro atoms. The van der Waals surface area contributed by atoms with E-state index in [1.54, 1.807) is 0 Å². The molecule has 1 aliphatic carbocycles. The van der Waals surface area contributed by atoms with Crippen LogP contribution in [0.2, 0.25) is 0 Å². The Balaban J connectivity index is 1.70. The van der Waals surface area contributed by atoms with Crippen molar-refractivity contribution in [3.05, 3.63) is 29.8 Å². The fraction of sp³-hybridized carbons (Fsp3) is 0.562. The van der Waals surface area contributed by atoms with Crippen LogP contribution >= 0.6 is 11.8 Å². The standard InChI is InChI=1S/C16H22N2OS/c17-13-7-3-1-5-11(13)16(19)18-14-9-10-20-15-8-4-2-6-12(14)15/h2,4,6,8,11,13-14H,1,3,5,7,9-10,17H2,(H,18,19). The van der Waals surface area contributed by atoms with E-state index < -0.39 is 0 Å². The molecule has 4 heteroatoms. The summed E-state index contributed by atoms with van der Waals surface area (Å²) in [6, 6.07) is 8.59. The lowest BCUT2D eigenvalue weighted by molar-refractivity contribution is -0.127. The van der Waals surface area contributed by atoms with Crippen molar-refractivity contribution in [3.63, 3.8) is 0 Å². The van der Waals surface area contributed by atoms with Crippen LogP contribution < -0.4 is 11.1 Å². The topological polar surface area (TPSA) is 55.1 Å². The fourth-order valence-electron chi connectivity index (χ4n) is 3.26. The molecule has 3 unspecified atom stereocenters. The summed E-state index contributed by atoms with van der Waals surface area (Å²) in [5.74, 6) is 1.23. The molecule has 1 amide bonds. The molecule has 1 heterocycles. The van der Waals surface area contributed by atoms with Crippen LogP contribution in [0.25, 0.3) is 0 Å². The zero-order chi connectivity index (χ0) is 13.9. The normalized spacial score (nSPS) is 29.6. The number of amides is 1. The summed E-state index contributed by atoms with van der Waals surface area (Å²) in [4.78, 5) is 13.8. The molecule has 1 aromatic rings. The zero-order valence-corrected chi connectivity index (χ0v) is 12.5. The number of rotatable bonds is 2. The molecule has 3 atom stereocenters.